The highest BCUT2D eigenvalue weighted by molar-refractivity contribution is 7.89. The molecule has 0 fully saturated rings. The number of nitrogens with one attached hydrogen (secondary N) is 2. The highest BCUT2D eigenvalue weighted by Crippen LogP contribution is 2.35. The highest BCUT2D eigenvalue weighted by atomic mass is 32.2. The Morgan fingerprint density at radius 3 is 3.08 bits per heavy atom. The highest BCUT2D eigenvalue weighted by Gasteiger charge is 2.37. The van der Waals surface area contributed by atoms with Crippen molar-refractivity contribution in [3.8, 4) is 0 Å². The molecule has 0 spiro atoms. The van der Waals surface area contributed by atoms with Crippen LogP contribution in [-0.4, -0.2) is 53.8 Å². The summed E-state index contributed by atoms with van der Waals surface area (Å²) in [5.41, 5.74) is 1.99. The van der Waals surface area contributed by atoms with Gasteiger partial charge in [-0.2, -0.15) is 4.31 Å². The molecule has 2 aromatic rings. The number of nitrogens with zero attached hydrogens (tertiary/aromatic N) is 3. The van der Waals surface area contributed by atoms with Crippen LogP contribution in [0.4, 0.5) is 4.79 Å². The number of aromatic nitrogens is 2. The number of aromatic amines is 1. The van der Waals surface area contributed by atoms with Crippen molar-refractivity contribution in [2.24, 2.45) is 0 Å². The Labute approximate surface area is 149 Å². The van der Waals surface area contributed by atoms with Gasteiger partial charge in [0.05, 0.1) is 28.9 Å². The normalized spacial score (nSPS) is 22.3. The summed E-state index contributed by atoms with van der Waals surface area (Å²) in [5.74, 6) is 0.856. The Bertz CT molecular complexity index is 933. The smallest absolute Gasteiger partial charge is 0.318 e. The molecule has 0 aliphatic carbocycles. The lowest BCUT2D eigenvalue weighted by molar-refractivity contribution is 0.185. The number of imidazole rings is 1. The van der Waals surface area contributed by atoms with Crippen LogP contribution < -0.4 is 5.32 Å². The molecule has 0 saturated heterocycles. The quantitative estimate of drug-likeness (QED) is 0.776. The van der Waals surface area contributed by atoms with Gasteiger partial charge in [-0.1, -0.05) is 0 Å². The average molecular weight is 381 g/mol. The van der Waals surface area contributed by atoms with Crippen molar-refractivity contribution in [3.63, 3.8) is 0 Å². The second-order valence-corrected chi connectivity index (χ2v) is 9.32. The Hall–Kier alpha value is -1.91. The lowest BCUT2D eigenvalue weighted by atomic mass is 10.1. The fraction of sp³-hybridized carbons (Fsp3) is 0.467. The summed E-state index contributed by atoms with van der Waals surface area (Å²) in [6.07, 6.45) is 0.719. The molecule has 2 aliphatic rings. The van der Waals surface area contributed by atoms with Gasteiger partial charge in [0.1, 0.15) is 5.82 Å². The maximum absolute atomic E-state index is 12.7. The molecule has 2 aliphatic heterocycles. The number of sulfonamides is 1. The fourth-order valence-electron chi connectivity index (χ4n) is 3.34. The summed E-state index contributed by atoms with van der Waals surface area (Å²) in [5, 5.41) is 4.74. The number of carbonyl (C=O) groups is 1. The third-order valence-corrected chi connectivity index (χ3v) is 7.68. The van der Waals surface area contributed by atoms with Gasteiger partial charge < -0.3 is 15.2 Å². The van der Waals surface area contributed by atoms with E-state index in [1.807, 2.05) is 6.92 Å². The molecule has 25 heavy (non-hydrogen) atoms. The molecule has 2 aromatic heterocycles. The number of fused-ring (bicyclic) bond motifs is 2. The van der Waals surface area contributed by atoms with E-state index < -0.39 is 10.0 Å². The molecule has 0 bridgehead atoms. The number of hydrogen-bond donors (Lipinski definition) is 2. The van der Waals surface area contributed by atoms with Gasteiger partial charge in [-0.15, -0.1) is 11.3 Å². The standard InChI is InChI=1S/C15H19N5O3S2/c1-9-16-10-3-5-20(8-11(10)17-9)15(21)18-12-7-19(2)25(22,23)13-4-6-24-14(12)13/h4,6,12H,3,5,7-8H2,1-2H3,(H,16,17)(H,18,21). The predicted molar refractivity (Wildman–Crippen MR) is 92.8 cm³/mol. The van der Waals surface area contributed by atoms with Crippen LogP contribution in [0.1, 0.15) is 28.1 Å². The van der Waals surface area contributed by atoms with Crippen LogP contribution in [0.15, 0.2) is 16.3 Å². The second kappa shape index (κ2) is 5.82. The van der Waals surface area contributed by atoms with Crippen molar-refractivity contribution in [2.45, 2.75) is 30.8 Å². The molecule has 0 radical (unpaired) electrons. The molecule has 2 N–H and O–H groups in total. The fourth-order valence-corrected chi connectivity index (χ4v) is 6.04. The minimum Gasteiger partial charge on any atom is -0.344 e. The van der Waals surface area contributed by atoms with Crippen molar-refractivity contribution >= 4 is 27.4 Å². The molecule has 0 saturated carbocycles. The topological polar surface area (TPSA) is 98.4 Å². The maximum atomic E-state index is 12.7. The van der Waals surface area contributed by atoms with Crippen molar-refractivity contribution in [1.29, 1.82) is 0 Å². The molecule has 2 amide bonds. The van der Waals surface area contributed by atoms with Crippen LogP contribution in [0, 0.1) is 6.92 Å². The van der Waals surface area contributed by atoms with Gasteiger partial charge in [-0.25, -0.2) is 18.2 Å². The minimum atomic E-state index is -3.44. The summed E-state index contributed by atoms with van der Waals surface area (Å²) in [4.78, 5) is 23.0. The van der Waals surface area contributed by atoms with Crippen LogP contribution in [-0.2, 0) is 23.0 Å². The first-order valence-electron chi connectivity index (χ1n) is 8.00. The van der Waals surface area contributed by atoms with Crippen LogP contribution in [0.5, 0.6) is 0 Å². The summed E-state index contributed by atoms with van der Waals surface area (Å²) >= 11 is 1.36. The van der Waals surface area contributed by atoms with Gasteiger partial charge in [0.2, 0.25) is 10.0 Å². The van der Waals surface area contributed by atoms with Crippen LogP contribution in [0.2, 0.25) is 0 Å². The molecule has 1 unspecified atom stereocenters. The van der Waals surface area contributed by atoms with Crippen molar-refractivity contribution in [2.75, 3.05) is 20.1 Å². The van der Waals surface area contributed by atoms with E-state index in [4.69, 9.17) is 0 Å². The number of urea groups is 1. The van der Waals surface area contributed by atoms with Gasteiger partial charge in [0, 0.05) is 31.4 Å². The number of likely N-dealkylation sites (N-methyl/N-ethyl adjacent to an activating group) is 1. The largest absolute Gasteiger partial charge is 0.344 e. The number of rotatable bonds is 1. The first-order valence-corrected chi connectivity index (χ1v) is 10.3. The van der Waals surface area contributed by atoms with E-state index in [0.29, 0.717) is 22.9 Å². The Balaban J connectivity index is 1.52. The van der Waals surface area contributed by atoms with Crippen LogP contribution in [0.3, 0.4) is 0 Å². The molecule has 10 heteroatoms. The Morgan fingerprint density at radius 1 is 1.48 bits per heavy atom. The summed E-state index contributed by atoms with van der Waals surface area (Å²) in [6.45, 7) is 3.23. The molecule has 134 valence electrons. The van der Waals surface area contributed by atoms with E-state index >= 15 is 0 Å². The molecule has 1 atom stereocenters. The molecule has 0 aromatic carbocycles. The Morgan fingerprint density at radius 2 is 2.28 bits per heavy atom. The van der Waals surface area contributed by atoms with Crippen molar-refractivity contribution in [3.05, 3.63) is 33.5 Å². The molecular weight excluding hydrogens is 362 g/mol. The zero-order chi connectivity index (χ0) is 17.8. The number of H-pyrrole nitrogens is 1. The predicted octanol–water partition coefficient (Wildman–Crippen LogP) is 1.22. The minimum absolute atomic E-state index is 0.185. The third kappa shape index (κ3) is 2.74. The van der Waals surface area contributed by atoms with Crippen molar-refractivity contribution in [1.82, 2.24) is 24.5 Å². The lowest BCUT2D eigenvalue weighted by Gasteiger charge is -2.33. The number of carbonyl (C=O) groups excluding carboxylic acids is 1. The number of thiophene rings is 1. The number of aryl methyl sites for hydroxylation is 1. The zero-order valence-electron chi connectivity index (χ0n) is 13.9. The molecular formula is C15H19N5O3S2. The van der Waals surface area contributed by atoms with E-state index in [1.54, 1.807) is 16.3 Å². The van der Waals surface area contributed by atoms with E-state index in [2.05, 4.69) is 15.3 Å². The average Bonchev–Trinajstić information content (AvgIpc) is 3.18. The molecule has 4 heterocycles. The summed E-state index contributed by atoms with van der Waals surface area (Å²) in [7, 11) is -1.91. The van der Waals surface area contributed by atoms with Crippen LogP contribution in [0.25, 0.3) is 0 Å². The maximum Gasteiger partial charge on any atom is 0.318 e. The molecule has 4 rings (SSSR count). The van der Waals surface area contributed by atoms with Gasteiger partial charge >= 0.3 is 6.03 Å². The summed E-state index contributed by atoms with van der Waals surface area (Å²) < 4.78 is 26.0. The Kier molecular flexibility index (Phi) is 3.85. The van der Waals surface area contributed by atoms with E-state index in [1.165, 1.54) is 22.7 Å². The van der Waals surface area contributed by atoms with Gasteiger partial charge in [0.25, 0.3) is 0 Å². The SMILES string of the molecule is Cc1nc2c([nH]1)CN(C(=O)NC1CN(C)S(=O)(=O)c3ccsc31)CC2. The van der Waals surface area contributed by atoms with E-state index in [9.17, 15) is 13.2 Å². The summed E-state index contributed by atoms with van der Waals surface area (Å²) in [6, 6.07) is 1.08. The zero-order valence-corrected chi connectivity index (χ0v) is 15.6. The number of amides is 2. The van der Waals surface area contributed by atoms with Gasteiger partial charge in [-0.3, -0.25) is 0 Å². The van der Waals surface area contributed by atoms with Crippen LogP contribution >= 0.6 is 11.3 Å². The van der Waals surface area contributed by atoms with E-state index in [0.717, 1.165) is 23.6 Å². The third-order valence-electron chi connectivity index (χ3n) is 4.64. The second-order valence-electron chi connectivity index (χ2n) is 6.36. The molecule has 8 nitrogen and oxygen atoms in total. The van der Waals surface area contributed by atoms with Gasteiger partial charge in [0.15, 0.2) is 0 Å². The lowest BCUT2D eigenvalue weighted by Crippen LogP contribution is -2.48. The first kappa shape index (κ1) is 16.6. The van der Waals surface area contributed by atoms with Gasteiger partial charge in [-0.05, 0) is 18.4 Å². The first-order chi connectivity index (χ1) is 11.9. The van der Waals surface area contributed by atoms with Crippen molar-refractivity contribution < 1.29 is 13.2 Å². The number of hydrogen-bond acceptors (Lipinski definition) is 5. The monoisotopic (exact) mass is 381 g/mol. The van der Waals surface area contributed by atoms with E-state index in [-0.39, 0.29) is 18.6 Å².